The highest BCUT2D eigenvalue weighted by Crippen LogP contribution is 2.77. The Morgan fingerprint density at radius 1 is 0.867 bits per heavy atom. The van der Waals surface area contributed by atoms with E-state index in [1.54, 1.807) is 0 Å². The zero-order chi connectivity index (χ0) is 21.2. The molecule has 6 aliphatic rings. The Hall–Kier alpha value is -0.570. The maximum absolute atomic E-state index is 9.63. The summed E-state index contributed by atoms with van der Waals surface area (Å²) in [5.41, 5.74) is 3.10. The normalized spacial score (nSPS) is 59.9. The minimum Gasteiger partial charge on any atom is -0.411 e. The van der Waals surface area contributed by atoms with E-state index >= 15 is 0 Å². The molecular weight excluding hydrogens is 370 g/mol. The van der Waals surface area contributed by atoms with Crippen molar-refractivity contribution in [1.29, 1.82) is 0 Å². The summed E-state index contributed by atoms with van der Waals surface area (Å²) in [6.45, 7) is 13.9. The molecule has 0 amide bonds. The van der Waals surface area contributed by atoms with Crippen LogP contribution in [0.25, 0.3) is 0 Å². The van der Waals surface area contributed by atoms with Crippen LogP contribution in [0.5, 0.6) is 0 Å². The molecule has 0 radical (unpaired) electrons. The van der Waals surface area contributed by atoms with Gasteiger partial charge in [0.05, 0.1) is 18.4 Å². The molecule has 6 fully saturated rings. The fourth-order valence-electron chi connectivity index (χ4n) is 10.9. The lowest BCUT2D eigenvalue weighted by Gasteiger charge is -2.70. The molecule has 5 aliphatic carbocycles. The average Bonchev–Trinajstić information content (AvgIpc) is 3.22. The molecule has 5 saturated carbocycles. The Morgan fingerprint density at radius 3 is 2.40 bits per heavy atom. The molecule has 1 saturated heterocycles. The minimum atomic E-state index is 0.332. The van der Waals surface area contributed by atoms with E-state index in [0.29, 0.717) is 39.1 Å². The molecule has 6 rings (SSSR count). The van der Waals surface area contributed by atoms with Gasteiger partial charge in [-0.05, 0) is 109 Å². The first-order valence-corrected chi connectivity index (χ1v) is 12.9. The molecule has 0 unspecified atom stereocenters. The first-order valence-electron chi connectivity index (χ1n) is 12.9. The lowest BCUT2D eigenvalue weighted by atomic mass is 9.33. The SMILES string of the molecule is CC1(C)CC[C@]23CC[C@]4(C)[C@H](CC[C@@H]5[C@@]6(C)CC/C(=N\O)[C@H]6CC[C@]54C)[C@H]2[C@H]1OC3. The Kier molecular flexibility index (Phi) is 3.92. The molecule has 3 nitrogen and oxygen atoms in total. The predicted octanol–water partition coefficient (Wildman–Crippen LogP) is 6.68. The van der Waals surface area contributed by atoms with Gasteiger partial charge in [-0.1, -0.05) is 39.8 Å². The molecule has 9 atom stereocenters. The van der Waals surface area contributed by atoms with E-state index in [9.17, 15) is 5.21 Å². The van der Waals surface area contributed by atoms with E-state index in [1.807, 2.05) is 0 Å². The number of nitrogens with zero attached hydrogens (tertiary/aromatic N) is 1. The van der Waals surface area contributed by atoms with Crippen molar-refractivity contribution in [3.63, 3.8) is 0 Å². The standard InChI is InChI=1S/C27H43NO2/c1-23(2)12-14-27-15-13-25(4)18(21(27)22(23)30-16-27)6-7-20-24(3)10-9-19(28-29)17(24)8-11-26(20,25)5/h17-18,20-22,29H,6-16H2,1-5H3/b28-19+/t17-,18-,20-,21+,22-,24+,25-,26-,27-/m1/s1. The first kappa shape index (κ1) is 20.1. The average molecular weight is 414 g/mol. The van der Waals surface area contributed by atoms with E-state index in [4.69, 9.17) is 4.74 Å². The Labute approximate surface area is 183 Å². The molecular formula is C27H43NO2. The van der Waals surface area contributed by atoms with Crippen LogP contribution in [-0.4, -0.2) is 23.6 Å². The summed E-state index contributed by atoms with van der Waals surface area (Å²) in [4.78, 5) is 0. The second-order valence-corrected chi connectivity index (χ2v) is 13.9. The molecule has 1 N–H and O–H groups in total. The third-order valence-corrected chi connectivity index (χ3v) is 12.9. The second-order valence-electron chi connectivity index (χ2n) is 13.9. The van der Waals surface area contributed by atoms with Crippen molar-refractivity contribution in [2.45, 2.75) is 105 Å². The van der Waals surface area contributed by atoms with Gasteiger partial charge in [-0.3, -0.25) is 0 Å². The van der Waals surface area contributed by atoms with Crippen molar-refractivity contribution in [3.8, 4) is 0 Å². The molecule has 168 valence electrons. The monoisotopic (exact) mass is 413 g/mol. The van der Waals surface area contributed by atoms with Crippen LogP contribution in [0.2, 0.25) is 0 Å². The number of hydrogen-bond acceptors (Lipinski definition) is 3. The number of fused-ring (bicyclic) bond motifs is 5. The van der Waals surface area contributed by atoms with E-state index in [1.165, 1.54) is 57.8 Å². The maximum Gasteiger partial charge on any atom is 0.0663 e. The smallest absolute Gasteiger partial charge is 0.0663 e. The van der Waals surface area contributed by atoms with Gasteiger partial charge >= 0.3 is 0 Å². The van der Waals surface area contributed by atoms with Crippen LogP contribution in [0.4, 0.5) is 0 Å². The zero-order valence-corrected chi connectivity index (χ0v) is 20.0. The number of hydrogen-bond donors (Lipinski definition) is 1. The van der Waals surface area contributed by atoms with Crippen molar-refractivity contribution in [3.05, 3.63) is 0 Å². The van der Waals surface area contributed by atoms with Gasteiger partial charge < -0.3 is 9.94 Å². The van der Waals surface area contributed by atoms with Crippen LogP contribution in [-0.2, 0) is 4.74 Å². The first-order chi connectivity index (χ1) is 14.1. The molecule has 3 heteroatoms. The summed E-state index contributed by atoms with van der Waals surface area (Å²) in [7, 11) is 0. The van der Waals surface area contributed by atoms with Gasteiger partial charge in [0.1, 0.15) is 0 Å². The van der Waals surface area contributed by atoms with Gasteiger partial charge in [-0.15, -0.1) is 0 Å². The van der Waals surface area contributed by atoms with Gasteiger partial charge in [0.25, 0.3) is 0 Å². The summed E-state index contributed by atoms with van der Waals surface area (Å²) in [6, 6.07) is 0. The summed E-state index contributed by atoms with van der Waals surface area (Å²) < 4.78 is 6.67. The fraction of sp³-hybridized carbons (Fsp3) is 0.963. The van der Waals surface area contributed by atoms with Gasteiger partial charge in [0, 0.05) is 5.92 Å². The Bertz CT molecular complexity index is 790. The molecule has 0 aromatic rings. The summed E-state index contributed by atoms with van der Waals surface area (Å²) in [5.74, 6) is 2.89. The van der Waals surface area contributed by atoms with E-state index < -0.39 is 0 Å². The molecule has 0 spiro atoms. The Balaban J connectivity index is 1.40. The zero-order valence-electron chi connectivity index (χ0n) is 20.0. The Morgan fingerprint density at radius 2 is 1.63 bits per heavy atom. The topological polar surface area (TPSA) is 41.8 Å². The van der Waals surface area contributed by atoms with Crippen LogP contribution in [0.15, 0.2) is 5.16 Å². The third-order valence-electron chi connectivity index (χ3n) is 12.9. The lowest BCUT2D eigenvalue weighted by molar-refractivity contribution is -0.219. The van der Waals surface area contributed by atoms with Crippen molar-refractivity contribution >= 4 is 5.71 Å². The van der Waals surface area contributed by atoms with Crippen LogP contribution in [0.3, 0.4) is 0 Å². The van der Waals surface area contributed by atoms with Gasteiger partial charge in [0.2, 0.25) is 0 Å². The van der Waals surface area contributed by atoms with Gasteiger partial charge in [0.15, 0.2) is 0 Å². The third kappa shape index (κ3) is 2.10. The number of oxime groups is 1. The van der Waals surface area contributed by atoms with Crippen molar-refractivity contribution in [2.24, 2.45) is 55.9 Å². The molecule has 0 aromatic carbocycles. The van der Waals surface area contributed by atoms with E-state index in [2.05, 4.69) is 39.8 Å². The summed E-state index contributed by atoms with van der Waals surface area (Å²) in [6.07, 6.45) is 13.6. The van der Waals surface area contributed by atoms with Gasteiger partial charge in [-0.2, -0.15) is 0 Å². The molecule has 0 aromatic heterocycles. The molecule has 1 aliphatic heterocycles. The highest BCUT2D eigenvalue weighted by atomic mass is 16.5. The molecule has 30 heavy (non-hydrogen) atoms. The lowest BCUT2D eigenvalue weighted by Crippen LogP contribution is -2.65. The number of rotatable bonds is 0. The van der Waals surface area contributed by atoms with E-state index in [-0.39, 0.29) is 0 Å². The van der Waals surface area contributed by atoms with Crippen molar-refractivity contribution in [1.82, 2.24) is 0 Å². The van der Waals surface area contributed by atoms with Crippen molar-refractivity contribution in [2.75, 3.05) is 6.61 Å². The molecule has 1 heterocycles. The highest BCUT2D eigenvalue weighted by molar-refractivity contribution is 5.89. The highest BCUT2D eigenvalue weighted by Gasteiger charge is 2.72. The van der Waals surface area contributed by atoms with Crippen LogP contribution < -0.4 is 0 Å². The summed E-state index contributed by atoms with van der Waals surface area (Å²) in [5, 5.41) is 13.4. The fourth-order valence-corrected chi connectivity index (χ4v) is 10.9. The van der Waals surface area contributed by atoms with Crippen LogP contribution >= 0.6 is 0 Å². The van der Waals surface area contributed by atoms with Crippen LogP contribution in [0.1, 0.15) is 98.8 Å². The predicted molar refractivity (Wildman–Crippen MR) is 120 cm³/mol. The number of ether oxygens (including phenoxy) is 1. The van der Waals surface area contributed by atoms with E-state index in [0.717, 1.165) is 36.5 Å². The quantitative estimate of drug-likeness (QED) is 0.355. The van der Waals surface area contributed by atoms with Crippen molar-refractivity contribution < 1.29 is 9.94 Å². The largest absolute Gasteiger partial charge is 0.411 e. The molecule has 2 bridgehead atoms. The summed E-state index contributed by atoms with van der Waals surface area (Å²) >= 11 is 0. The maximum atomic E-state index is 9.63. The second kappa shape index (κ2) is 5.86. The minimum absolute atomic E-state index is 0.332. The van der Waals surface area contributed by atoms with Crippen LogP contribution in [0, 0.1) is 50.7 Å². The van der Waals surface area contributed by atoms with Gasteiger partial charge in [-0.25, -0.2) is 0 Å².